The predicted molar refractivity (Wildman–Crippen MR) is 196 cm³/mol. The molecular formula is C40H50N5O4S+. The van der Waals surface area contributed by atoms with Crippen LogP contribution in [0.4, 0.5) is 0 Å². The molecule has 2 atom stereocenters. The van der Waals surface area contributed by atoms with Gasteiger partial charge in [-0.05, 0) is 110 Å². The molecule has 50 heavy (non-hydrogen) atoms. The summed E-state index contributed by atoms with van der Waals surface area (Å²) >= 11 is 1.47. The number of hydrogen-bond donors (Lipinski definition) is 2. The quantitative estimate of drug-likeness (QED) is 0.196. The van der Waals surface area contributed by atoms with E-state index in [9.17, 15) is 19.3 Å². The van der Waals surface area contributed by atoms with Gasteiger partial charge in [0.15, 0.2) is 5.82 Å². The highest BCUT2D eigenvalue weighted by Crippen LogP contribution is 2.58. The van der Waals surface area contributed by atoms with Crippen LogP contribution < -0.4 is 10.6 Å². The van der Waals surface area contributed by atoms with Crippen molar-refractivity contribution in [1.29, 1.82) is 0 Å². The van der Waals surface area contributed by atoms with Crippen LogP contribution in [0, 0.1) is 28.1 Å². The number of amides is 3. The largest absolute Gasteiger partial charge is 0.355 e. The molecule has 264 valence electrons. The lowest BCUT2D eigenvalue weighted by Crippen LogP contribution is -2.89. The molecule has 3 aliphatic carbocycles. The zero-order valence-corrected chi connectivity index (χ0v) is 30.4. The van der Waals surface area contributed by atoms with Gasteiger partial charge in [-0.3, -0.25) is 14.9 Å². The number of carbonyl (C=O) groups is 3. The molecule has 0 bridgehead atoms. The van der Waals surface area contributed by atoms with Crippen molar-refractivity contribution in [3.8, 4) is 11.4 Å². The molecule has 6 rings (SSSR count). The first-order valence-corrected chi connectivity index (χ1v) is 19.1. The van der Waals surface area contributed by atoms with Gasteiger partial charge in [-0.1, -0.05) is 51.1 Å². The molecule has 3 N–H and O–H groups in total. The summed E-state index contributed by atoms with van der Waals surface area (Å²) in [5.74, 6) is 0.618. The van der Waals surface area contributed by atoms with Crippen molar-refractivity contribution in [3.05, 3.63) is 80.7 Å². The molecule has 3 amide bonds. The first-order chi connectivity index (χ1) is 24.0. The van der Waals surface area contributed by atoms with Crippen molar-refractivity contribution in [2.45, 2.75) is 96.8 Å². The Morgan fingerprint density at radius 3 is 2.28 bits per heavy atom. The number of carbonyl (C=O) groups excluding carboxylic acids is 3. The highest BCUT2D eigenvalue weighted by atomic mass is 32.1. The summed E-state index contributed by atoms with van der Waals surface area (Å²) in [6.07, 6.45) is 18.8. The fourth-order valence-electron chi connectivity index (χ4n) is 7.65. The number of hydrogen-bond acceptors (Lipinski definition) is 7. The molecule has 2 unspecified atom stereocenters. The number of allylic oxidation sites excluding steroid dienone is 2. The van der Waals surface area contributed by atoms with Gasteiger partial charge in [0, 0.05) is 46.5 Å². The van der Waals surface area contributed by atoms with Crippen LogP contribution in [0.5, 0.6) is 0 Å². The minimum absolute atomic E-state index is 0.0125. The molecule has 0 radical (unpaired) electrons. The monoisotopic (exact) mass is 696 g/mol. The third kappa shape index (κ3) is 9.06. The van der Waals surface area contributed by atoms with E-state index >= 15 is 0 Å². The van der Waals surface area contributed by atoms with Gasteiger partial charge >= 0.3 is 5.91 Å². The number of rotatable bonds is 12. The number of nitrogens with one attached hydrogen (secondary N) is 1. The van der Waals surface area contributed by atoms with E-state index in [1.54, 1.807) is 5.32 Å². The average molecular weight is 697 g/mol. The van der Waals surface area contributed by atoms with Gasteiger partial charge in [0.25, 0.3) is 5.91 Å². The fourth-order valence-corrected chi connectivity index (χ4v) is 8.65. The van der Waals surface area contributed by atoms with E-state index in [1.165, 1.54) is 68.3 Å². The smallest absolute Gasteiger partial charge is 0.352 e. The van der Waals surface area contributed by atoms with Crippen molar-refractivity contribution in [1.82, 2.24) is 15.3 Å². The standard InChI is InChI=1S/C40H49N5O4S/c1-39(2,3)34-13-12-33(50-34)38(48)44-23-31(37(47)41-21-16-35(46)45-49)22-26-4-6-30(7-5-26)36-42-24-32(25-43-36)28-10-8-27(9-11-28)29-14-17-40(18-15-29)19-20-40/h4-7,10,12-13,24-25,27,29,31H,8-9,11,14-23H2,1-3H3,(H,41,47)(H,44,48)/p+1. The van der Waals surface area contributed by atoms with Gasteiger partial charge < -0.3 is 5.32 Å². The third-order valence-electron chi connectivity index (χ3n) is 11.2. The number of thiophene rings is 1. The van der Waals surface area contributed by atoms with E-state index in [0.29, 0.717) is 17.1 Å². The van der Waals surface area contributed by atoms with E-state index in [2.05, 4.69) is 37.3 Å². The maximum Gasteiger partial charge on any atom is 0.352 e. The maximum atomic E-state index is 13.2. The predicted octanol–water partition coefficient (Wildman–Crippen LogP) is 7.02. The van der Waals surface area contributed by atoms with Crippen molar-refractivity contribution in [2.75, 3.05) is 13.1 Å². The molecule has 2 saturated carbocycles. The van der Waals surface area contributed by atoms with Gasteiger partial charge in [-0.15, -0.1) is 16.2 Å². The van der Waals surface area contributed by atoms with E-state index in [0.717, 1.165) is 45.2 Å². The van der Waals surface area contributed by atoms with Crippen molar-refractivity contribution in [2.24, 2.45) is 28.3 Å². The number of quaternary nitrogens is 1. The number of nitrogens with two attached hydrogens (primary N) is 1. The van der Waals surface area contributed by atoms with Gasteiger partial charge in [0.2, 0.25) is 5.91 Å². The van der Waals surface area contributed by atoms with Gasteiger partial charge in [0.05, 0.1) is 12.5 Å². The van der Waals surface area contributed by atoms with Crippen LogP contribution in [-0.2, 0) is 21.4 Å². The molecule has 3 aromatic rings. The summed E-state index contributed by atoms with van der Waals surface area (Å²) in [4.78, 5) is 59.2. The minimum atomic E-state index is -0.813. The summed E-state index contributed by atoms with van der Waals surface area (Å²) in [5.41, 5.74) is 4.98. The highest BCUT2D eigenvalue weighted by molar-refractivity contribution is 7.14. The molecule has 9 nitrogen and oxygen atoms in total. The number of benzene rings is 1. The molecule has 0 aliphatic heterocycles. The fraction of sp³-hybridized carbons (Fsp3) is 0.525. The van der Waals surface area contributed by atoms with E-state index < -0.39 is 11.8 Å². The van der Waals surface area contributed by atoms with E-state index in [-0.39, 0.29) is 36.7 Å². The van der Waals surface area contributed by atoms with Crippen LogP contribution >= 0.6 is 11.3 Å². The van der Waals surface area contributed by atoms with Crippen LogP contribution in [-0.4, -0.2) is 40.8 Å². The SMILES string of the molecule is CC(C)(C)c1ccc(C(=O)[NH2+]CC(Cc2ccc(-c3ncc(C4=CCC(C5CCC6(CC5)CC6)CC4)cn3)cc2)C(=O)NCCC(=O)N=O)s1. The summed E-state index contributed by atoms with van der Waals surface area (Å²) in [6, 6.07) is 11.7. The molecule has 2 aromatic heterocycles. The van der Waals surface area contributed by atoms with Crippen molar-refractivity contribution >= 4 is 34.6 Å². The Morgan fingerprint density at radius 2 is 1.68 bits per heavy atom. The van der Waals surface area contributed by atoms with Crippen molar-refractivity contribution < 1.29 is 19.7 Å². The second-order valence-electron chi connectivity index (χ2n) is 15.7. The number of aromatic nitrogens is 2. The van der Waals surface area contributed by atoms with Crippen LogP contribution in [0.3, 0.4) is 0 Å². The van der Waals surface area contributed by atoms with E-state index in [4.69, 9.17) is 9.97 Å². The van der Waals surface area contributed by atoms with Crippen LogP contribution in [0.2, 0.25) is 0 Å². The first-order valence-electron chi connectivity index (χ1n) is 18.2. The molecule has 1 aromatic carbocycles. The number of nitroso groups, excluding NO2 is 1. The Morgan fingerprint density at radius 1 is 0.960 bits per heavy atom. The lowest BCUT2D eigenvalue weighted by atomic mass is 9.70. The maximum absolute atomic E-state index is 13.2. The topological polar surface area (TPSA) is 135 Å². The molecule has 10 heteroatoms. The van der Waals surface area contributed by atoms with Gasteiger partial charge in [0.1, 0.15) is 4.88 Å². The molecule has 0 saturated heterocycles. The summed E-state index contributed by atoms with van der Waals surface area (Å²) in [5, 5.41) is 6.70. The zero-order chi connectivity index (χ0) is 35.3. The second kappa shape index (κ2) is 15.6. The molecule has 1 spiro atoms. The Hall–Kier alpha value is -3.89. The number of primary amides is 1. The Labute approximate surface area is 299 Å². The van der Waals surface area contributed by atoms with Crippen LogP contribution in [0.1, 0.15) is 111 Å². The Bertz CT molecular complexity index is 1710. The van der Waals surface area contributed by atoms with Crippen LogP contribution in [0.15, 0.2) is 60.0 Å². The third-order valence-corrected chi connectivity index (χ3v) is 12.7. The second-order valence-corrected chi connectivity index (χ2v) is 16.8. The normalized spacial score (nSPS) is 19.4. The Kier molecular flexibility index (Phi) is 11.2. The van der Waals surface area contributed by atoms with Crippen LogP contribution in [0.25, 0.3) is 17.0 Å². The Balaban J connectivity index is 1.05. The lowest BCUT2D eigenvalue weighted by Gasteiger charge is -2.35. The minimum Gasteiger partial charge on any atom is -0.355 e. The molecule has 2 fully saturated rings. The summed E-state index contributed by atoms with van der Waals surface area (Å²) in [6.45, 7) is 6.57. The summed E-state index contributed by atoms with van der Waals surface area (Å²) in [7, 11) is 0. The van der Waals surface area contributed by atoms with E-state index in [1.807, 2.05) is 48.8 Å². The molecule has 3 aliphatic rings. The molecular weight excluding hydrogens is 647 g/mol. The van der Waals surface area contributed by atoms with Crippen molar-refractivity contribution in [3.63, 3.8) is 0 Å². The molecule has 2 heterocycles. The summed E-state index contributed by atoms with van der Waals surface area (Å²) < 4.78 is 0. The number of nitrogens with zero attached hydrogens (tertiary/aromatic N) is 3. The lowest BCUT2D eigenvalue weighted by molar-refractivity contribution is -0.559. The average Bonchev–Trinajstić information content (AvgIpc) is 3.67. The zero-order valence-electron chi connectivity index (χ0n) is 29.6. The van der Waals surface area contributed by atoms with Gasteiger partial charge in [-0.2, -0.15) is 0 Å². The van der Waals surface area contributed by atoms with Gasteiger partial charge in [-0.25, -0.2) is 14.8 Å². The first kappa shape index (κ1) is 35.9. The highest BCUT2D eigenvalue weighted by Gasteiger charge is 2.45.